The van der Waals surface area contributed by atoms with Gasteiger partial charge >= 0.3 is 5.97 Å². The van der Waals surface area contributed by atoms with Crippen molar-refractivity contribution >= 4 is 23.4 Å². The van der Waals surface area contributed by atoms with Gasteiger partial charge in [-0.2, -0.15) is 0 Å². The van der Waals surface area contributed by atoms with Crippen molar-refractivity contribution in [1.82, 2.24) is 4.98 Å². The van der Waals surface area contributed by atoms with Crippen molar-refractivity contribution in [3.8, 4) is 0 Å². The van der Waals surface area contributed by atoms with Gasteiger partial charge < -0.3 is 4.74 Å². The standard InChI is InChI=1S/C12H14ClNO3/c1-2-17-12(16)5-3-4-10(15)9-6-7-11(13)14-8-9/h6-8H,2-5H2,1H3. The highest BCUT2D eigenvalue weighted by atomic mass is 35.5. The van der Waals surface area contributed by atoms with E-state index in [4.69, 9.17) is 16.3 Å². The van der Waals surface area contributed by atoms with E-state index in [-0.39, 0.29) is 18.2 Å². The highest BCUT2D eigenvalue weighted by molar-refractivity contribution is 6.29. The van der Waals surface area contributed by atoms with Crippen LogP contribution in [0.3, 0.4) is 0 Å². The Kier molecular flexibility index (Phi) is 5.63. The topological polar surface area (TPSA) is 56.3 Å². The predicted octanol–water partition coefficient (Wildman–Crippen LogP) is 2.65. The van der Waals surface area contributed by atoms with Crippen molar-refractivity contribution < 1.29 is 14.3 Å². The molecule has 4 nitrogen and oxygen atoms in total. The molecule has 0 spiro atoms. The smallest absolute Gasteiger partial charge is 0.305 e. The van der Waals surface area contributed by atoms with E-state index in [1.165, 1.54) is 6.20 Å². The lowest BCUT2D eigenvalue weighted by Crippen LogP contribution is -2.06. The molecule has 1 rings (SSSR count). The monoisotopic (exact) mass is 255 g/mol. The summed E-state index contributed by atoms with van der Waals surface area (Å²) in [6.45, 7) is 2.12. The molecule has 5 heteroatoms. The molecule has 1 heterocycles. The van der Waals surface area contributed by atoms with Crippen LogP contribution < -0.4 is 0 Å². The second-order valence-corrected chi connectivity index (χ2v) is 3.84. The third-order valence-corrected chi connectivity index (χ3v) is 2.36. The zero-order valence-electron chi connectivity index (χ0n) is 9.61. The minimum absolute atomic E-state index is 0.0431. The van der Waals surface area contributed by atoms with Gasteiger partial charge in [-0.3, -0.25) is 9.59 Å². The van der Waals surface area contributed by atoms with Gasteiger partial charge in [-0.25, -0.2) is 4.98 Å². The van der Waals surface area contributed by atoms with Crippen LogP contribution in [0.15, 0.2) is 18.3 Å². The fourth-order valence-corrected chi connectivity index (χ4v) is 1.42. The van der Waals surface area contributed by atoms with Gasteiger partial charge in [0.2, 0.25) is 0 Å². The maximum atomic E-state index is 11.7. The number of halogens is 1. The van der Waals surface area contributed by atoms with E-state index >= 15 is 0 Å². The van der Waals surface area contributed by atoms with Crippen LogP contribution in [0.25, 0.3) is 0 Å². The summed E-state index contributed by atoms with van der Waals surface area (Å²) >= 11 is 5.61. The molecule has 92 valence electrons. The van der Waals surface area contributed by atoms with E-state index in [2.05, 4.69) is 4.98 Å². The van der Waals surface area contributed by atoms with Crippen LogP contribution in [-0.2, 0) is 9.53 Å². The van der Waals surface area contributed by atoms with Crippen molar-refractivity contribution in [3.05, 3.63) is 29.0 Å². The first-order valence-electron chi connectivity index (χ1n) is 5.44. The number of nitrogens with zero attached hydrogens (tertiary/aromatic N) is 1. The minimum Gasteiger partial charge on any atom is -0.466 e. The van der Waals surface area contributed by atoms with Crippen molar-refractivity contribution in [2.45, 2.75) is 26.2 Å². The van der Waals surface area contributed by atoms with Gasteiger partial charge in [0, 0.05) is 24.6 Å². The van der Waals surface area contributed by atoms with Gasteiger partial charge in [-0.15, -0.1) is 0 Å². The number of pyridine rings is 1. The van der Waals surface area contributed by atoms with Gasteiger partial charge in [-0.05, 0) is 25.5 Å². The number of esters is 1. The van der Waals surface area contributed by atoms with E-state index < -0.39 is 0 Å². The van der Waals surface area contributed by atoms with Crippen LogP contribution in [0.1, 0.15) is 36.5 Å². The summed E-state index contributed by atoms with van der Waals surface area (Å²) in [4.78, 5) is 26.5. The predicted molar refractivity (Wildman–Crippen MR) is 64.1 cm³/mol. The van der Waals surface area contributed by atoms with E-state index in [0.717, 1.165) is 0 Å². The number of Topliss-reactive ketones (excluding diaryl/α,β-unsaturated/α-hetero) is 1. The Hall–Kier alpha value is -1.42. The van der Waals surface area contributed by atoms with Crippen LogP contribution in [0.5, 0.6) is 0 Å². The van der Waals surface area contributed by atoms with Crippen molar-refractivity contribution in [3.63, 3.8) is 0 Å². The average molecular weight is 256 g/mol. The van der Waals surface area contributed by atoms with Gasteiger partial charge in [0.25, 0.3) is 0 Å². The van der Waals surface area contributed by atoms with Gasteiger partial charge in [-0.1, -0.05) is 11.6 Å². The molecule has 1 aromatic rings. The molecule has 0 saturated carbocycles. The molecule has 0 fully saturated rings. The Morgan fingerprint density at radius 2 is 2.12 bits per heavy atom. The summed E-state index contributed by atoms with van der Waals surface area (Å²) in [7, 11) is 0. The lowest BCUT2D eigenvalue weighted by atomic mass is 10.1. The number of carbonyl (C=O) groups excluding carboxylic acids is 2. The molecule has 0 aliphatic heterocycles. The van der Waals surface area contributed by atoms with Gasteiger partial charge in [0.1, 0.15) is 5.15 Å². The molecule has 0 aliphatic carbocycles. The second-order valence-electron chi connectivity index (χ2n) is 3.45. The molecule has 0 atom stereocenters. The Balaban J connectivity index is 2.35. The maximum Gasteiger partial charge on any atom is 0.305 e. The largest absolute Gasteiger partial charge is 0.466 e. The third-order valence-electron chi connectivity index (χ3n) is 2.14. The van der Waals surface area contributed by atoms with E-state index in [9.17, 15) is 9.59 Å². The van der Waals surface area contributed by atoms with E-state index in [0.29, 0.717) is 30.2 Å². The SMILES string of the molecule is CCOC(=O)CCCC(=O)c1ccc(Cl)nc1. The Morgan fingerprint density at radius 3 is 2.71 bits per heavy atom. The molecule has 0 radical (unpaired) electrons. The van der Waals surface area contributed by atoms with Gasteiger partial charge in [0.15, 0.2) is 5.78 Å². The first-order chi connectivity index (χ1) is 8.13. The fraction of sp³-hybridized carbons (Fsp3) is 0.417. The first-order valence-corrected chi connectivity index (χ1v) is 5.81. The number of aromatic nitrogens is 1. The molecule has 0 aromatic carbocycles. The normalized spacial score (nSPS) is 10.0. The fourth-order valence-electron chi connectivity index (χ4n) is 1.31. The van der Waals surface area contributed by atoms with Crippen molar-refractivity contribution in [2.24, 2.45) is 0 Å². The molecule has 0 unspecified atom stereocenters. The summed E-state index contributed by atoms with van der Waals surface area (Å²) in [5.74, 6) is -0.312. The van der Waals surface area contributed by atoms with Gasteiger partial charge in [0.05, 0.1) is 6.61 Å². The highest BCUT2D eigenvalue weighted by Crippen LogP contribution is 2.09. The first kappa shape index (κ1) is 13.6. The second kappa shape index (κ2) is 7.01. The number of ketones is 1. The molecule has 0 aliphatic rings. The molecule has 1 aromatic heterocycles. The number of hydrogen-bond acceptors (Lipinski definition) is 4. The van der Waals surface area contributed by atoms with Crippen LogP contribution in [-0.4, -0.2) is 23.3 Å². The van der Waals surface area contributed by atoms with Crippen LogP contribution in [0, 0.1) is 0 Å². The maximum absolute atomic E-state index is 11.7. The number of ether oxygens (including phenoxy) is 1. The average Bonchev–Trinajstić information content (AvgIpc) is 2.30. The minimum atomic E-state index is -0.269. The summed E-state index contributed by atoms with van der Waals surface area (Å²) < 4.78 is 4.77. The Morgan fingerprint density at radius 1 is 1.35 bits per heavy atom. The Labute approximate surface area is 105 Å². The summed E-state index contributed by atoms with van der Waals surface area (Å²) in [5, 5.41) is 0.355. The number of rotatable bonds is 6. The van der Waals surface area contributed by atoms with Crippen LogP contribution in [0.4, 0.5) is 0 Å². The molecule has 0 N–H and O–H groups in total. The van der Waals surface area contributed by atoms with Crippen LogP contribution in [0.2, 0.25) is 5.15 Å². The van der Waals surface area contributed by atoms with Crippen LogP contribution >= 0.6 is 11.6 Å². The molecular weight excluding hydrogens is 242 g/mol. The van der Waals surface area contributed by atoms with E-state index in [1.807, 2.05) is 0 Å². The Bertz CT molecular complexity index is 389. The van der Waals surface area contributed by atoms with Crippen molar-refractivity contribution in [1.29, 1.82) is 0 Å². The molecule has 0 bridgehead atoms. The quantitative estimate of drug-likeness (QED) is 0.445. The third kappa shape index (κ3) is 4.95. The lowest BCUT2D eigenvalue weighted by Gasteiger charge is -2.02. The lowest BCUT2D eigenvalue weighted by molar-refractivity contribution is -0.143. The molecular formula is C12H14ClNO3. The highest BCUT2D eigenvalue weighted by Gasteiger charge is 2.08. The molecule has 17 heavy (non-hydrogen) atoms. The molecule has 0 saturated heterocycles. The number of hydrogen-bond donors (Lipinski definition) is 0. The summed E-state index contributed by atoms with van der Waals surface area (Å²) in [6, 6.07) is 3.20. The zero-order valence-corrected chi connectivity index (χ0v) is 10.4. The van der Waals surface area contributed by atoms with E-state index in [1.54, 1.807) is 19.1 Å². The summed E-state index contributed by atoms with van der Waals surface area (Å²) in [6.07, 6.45) is 2.50. The van der Waals surface area contributed by atoms with Crippen molar-refractivity contribution in [2.75, 3.05) is 6.61 Å². The molecule has 0 amide bonds. The zero-order chi connectivity index (χ0) is 12.7. The summed E-state index contributed by atoms with van der Waals surface area (Å²) in [5.41, 5.74) is 0.512. The number of carbonyl (C=O) groups is 2.